The van der Waals surface area contributed by atoms with Gasteiger partial charge in [0.25, 0.3) is 5.91 Å². The van der Waals surface area contributed by atoms with Crippen LogP contribution in [0.3, 0.4) is 0 Å². The number of pyridine rings is 1. The summed E-state index contributed by atoms with van der Waals surface area (Å²) in [6.45, 7) is 2.15. The summed E-state index contributed by atoms with van der Waals surface area (Å²) in [4.78, 5) is 17.1. The number of fused-ring (bicyclic) bond motifs is 2. The molecule has 2 saturated carbocycles. The smallest absolute Gasteiger partial charge is 0.251 e. The van der Waals surface area contributed by atoms with E-state index >= 15 is 0 Å². The molecule has 1 N–H and O–H groups in total. The van der Waals surface area contributed by atoms with Crippen LogP contribution in [0.1, 0.15) is 36.5 Å². The molecular weight excluding hydrogens is 396 g/mol. The Morgan fingerprint density at radius 1 is 1.13 bits per heavy atom. The van der Waals surface area contributed by atoms with Gasteiger partial charge in [-0.15, -0.1) is 0 Å². The quantitative estimate of drug-likeness (QED) is 0.572. The number of hydrogen-bond acceptors (Lipinski definition) is 3. The van der Waals surface area contributed by atoms with Gasteiger partial charge in [0.05, 0.1) is 6.10 Å². The monoisotopic (exact) mass is 420 g/mol. The van der Waals surface area contributed by atoms with E-state index in [-0.39, 0.29) is 18.1 Å². The van der Waals surface area contributed by atoms with E-state index in [0.717, 1.165) is 35.9 Å². The van der Waals surface area contributed by atoms with Crippen molar-refractivity contribution in [3.63, 3.8) is 0 Å². The SMILES string of the molecule is CCC(NC(=O)c1ccc(Cl)cc1)C1C2CC(Oc3cccc4cccnc34)CC21. The first-order valence-corrected chi connectivity index (χ1v) is 11.1. The lowest BCUT2D eigenvalue weighted by molar-refractivity contribution is 0.0924. The molecule has 2 aromatic carbocycles. The Bertz CT molecular complexity index is 1050. The molecular formula is C25H25ClN2O2. The molecule has 3 unspecified atom stereocenters. The molecule has 0 aliphatic heterocycles. The average Bonchev–Trinajstić information content (AvgIpc) is 3.26. The van der Waals surface area contributed by atoms with E-state index in [4.69, 9.17) is 16.3 Å². The summed E-state index contributed by atoms with van der Waals surface area (Å²) < 4.78 is 6.35. The second-order valence-electron chi connectivity index (χ2n) is 8.44. The van der Waals surface area contributed by atoms with Crippen molar-refractivity contribution in [1.29, 1.82) is 0 Å². The first-order valence-electron chi connectivity index (χ1n) is 10.7. The number of ether oxygens (including phenoxy) is 1. The van der Waals surface area contributed by atoms with Gasteiger partial charge in [-0.05, 0) is 73.4 Å². The zero-order chi connectivity index (χ0) is 20.7. The first kappa shape index (κ1) is 19.4. The Labute approximate surface area is 181 Å². The second kappa shape index (κ2) is 7.92. The van der Waals surface area contributed by atoms with Crippen LogP contribution in [-0.2, 0) is 0 Å². The Morgan fingerprint density at radius 3 is 2.60 bits per heavy atom. The van der Waals surface area contributed by atoms with E-state index in [9.17, 15) is 4.79 Å². The van der Waals surface area contributed by atoms with Crippen LogP contribution in [0.5, 0.6) is 5.75 Å². The number of aromatic nitrogens is 1. The van der Waals surface area contributed by atoms with Gasteiger partial charge >= 0.3 is 0 Å². The molecule has 30 heavy (non-hydrogen) atoms. The highest BCUT2D eigenvalue weighted by atomic mass is 35.5. The summed E-state index contributed by atoms with van der Waals surface area (Å²) in [7, 11) is 0. The van der Waals surface area contributed by atoms with Gasteiger partial charge in [-0.3, -0.25) is 9.78 Å². The molecule has 5 heteroatoms. The molecule has 3 aromatic rings. The number of amides is 1. The number of carbonyl (C=O) groups excluding carboxylic acids is 1. The molecule has 0 saturated heterocycles. The number of rotatable bonds is 6. The minimum Gasteiger partial charge on any atom is -0.488 e. The predicted molar refractivity (Wildman–Crippen MR) is 119 cm³/mol. The first-order chi connectivity index (χ1) is 14.6. The summed E-state index contributed by atoms with van der Waals surface area (Å²) in [5.74, 6) is 2.68. The van der Waals surface area contributed by atoms with Crippen LogP contribution in [0.4, 0.5) is 0 Å². The molecule has 3 atom stereocenters. The molecule has 1 heterocycles. The fourth-order valence-corrected chi connectivity index (χ4v) is 5.34. The van der Waals surface area contributed by atoms with Crippen molar-refractivity contribution in [3.8, 4) is 5.75 Å². The largest absolute Gasteiger partial charge is 0.488 e. The van der Waals surface area contributed by atoms with E-state index in [0.29, 0.717) is 28.3 Å². The van der Waals surface area contributed by atoms with Gasteiger partial charge in [-0.2, -0.15) is 0 Å². The van der Waals surface area contributed by atoms with Crippen LogP contribution in [0.2, 0.25) is 5.02 Å². The molecule has 0 spiro atoms. The van der Waals surface area contributed by atoms with Gasteiger partial charge in [0.2, 0.25) is 0 Å². The highest BCUT2D eigenvalue weighted by Crippen LogP contribution is 2.60. The third-order valence-corrected chi connectivity index (χ3v) is 6.94. The number of halogens is 1. The van der Waals surface area contributed by atoms with Crippen LogP contribution in [-0.4, -0.2) is 23.0 Å². The third-order valence-electron chi connectivity index (χ3n) is 6.68. The molecule has 1 amide bonds. The van der Waals surface area contributed by atoms with Gasteiger partial charge in [0.15, 0.2) is 0 Å². The van der Waals surface area contributed by atoms with E-state index < -0.39 is 0 Å². The highest BCUT2D eigenvalue weighted by molar-refractivity contribution is 6.30. The van der Waals surface area contributed by atoms with E-state index in [1.54, 1.807) is 24.3 Å². The van der Waals surface area contributed by atoms with Gasteiger partial charge in [0.1, 0.15) is 11.3 Å². The molecule has 4 nitrogen and oxygen atoms in total. The minimum absolute atomic E-state index is 0.0156. The minimum atomic E-state index is -0.0156. The lowest BCUT2D eigenvalue weighted by Crippen LogP contribution is -2.37. The maximum atomic E-state index is 12.6. The Morgan fingerprint density at radius 2 is 1.87 bits per heavy atom. The molecule has 5 rings (SSSR count). The number of hydrogen-bond donors (Lipinski definition) is 1. The van der Waals surface area contributed by atoms with Gasteiger partial charge < -0.3 is 10.1 Å². The van der Waals surface area contributed by atoms with Crippen molar-refractivity contribution in [2.45, 2.75) is 38.3 Å². The van der Waals surface area contributed by atoms with Gasteiger partial charge in [0, 0.05) is 28.2 Å². The number of carbonyl (C=O) groups is 1. The summed E-state index contributed by atoms with van der Waals surface area (Å²) in [5, 5.41) is 4.99. The van der Waals surface area contributed by atoms with Crippen molar-refractivity contribution in [1.82, 2.24) is 10.3 Å². The van der Waals surface area contributed by atoms with Crippen LogP contribution in [0.15, 0.2) is 60.8 Å². The molecule has 2 fully saturated rings. The van der Waals surface area contributed by atoms with Crippen molar-refractivity contribution >= 4 is 28.4 Å². The van der Waals surface area contributed by atoms with Gasteiger partial charge in [-0.1, -0.05) is 36.7 Å². The van der Waals surface area contributed by atoms with Crippen LogP contribution < -0.4 is 10.1 Å². The van der Waals surface area contributed by atoms with Crippen molar-refractivity contribution in [2.24, 2.45) is 17.8 Å². The summed E-state index contributed by atoms with van der Waals surface area (Å²) in [6.07, 6.45) is 5.08. The molecule has 0 radical (unpaired) electrons. The molecule has 1 aromatic heterocycles. The number of nitrogens with zero attached hydrogens (tertiary/aromatic N) is 1. The summed E-state index contributed by atoms with van der Waals surface area (Å²) >= 11 is 5.93. The number of nitrogens with one attached hydrogen (secondary N) is 1. The summed E-state index contributed by atoms with van der Waals surface area (Å²) in [6, 6.07) is 17.4. The lowest BCUT2D eigenvalue weighted by atomic mass is 10.00. The van der Waals surface area contributed by atoms with E-state index in [1.807, 2.05) is 24.4 Å². The summed E-state index contributed by atoms with van der Waals surface area (Å²) in [5.41, 5.74) is 1.59. The van der Waals surface area contributed by atoms with Crippen molar-refractivity contribution < 1.29 is 9.53 Å². The molecule has 0 bridgehead atoms. The van der Waals surface area contributed by atoms with E-state index in [1.165, 1.54) is 0 Å². The normalized spacial score (nSPS) is 25.5. The number of benzene rings is 2. The Hall–Kier alpha value is -2.59. The second-order valence-corrected chi connectivity index (χ2v) is 8.88. The van der Waals surface area contributed by atoms with E-state index in [2.05, 4.69) is 29.4 Å². The molecule has 2 aliphatic carbocycles. The zero-order valence-corrected chi connectivity index (χ0v) is 17.7. The highest BCUT2D eigenvalue weighted by Gasteiger charge is 2.59. The van der Waals surface area contributed by atoms with Crippen LogP contribution >= 0.6 is 11.6 Å². The fourth-order valence-electron chi connectivity index (χ4n) is 5.21. The van der Waals surface area contributed by atoms with Crippen LogP contribution in [0.25, 0.3) is 10.9 Å². The standard InChI is InChI=1S/C25H25ClN2O2/c1-2-21(28-25(29)16-8-10-17(26)11-9-16)23-19-13-18(14-20(19)23)30-22-7-3-5-15-6-4-12-27-24(15)22/h3-12,18-21,23H,2,13-14H2,1H3,(H,28,29). The predicted octanol–water partition coefficient (Wildman–Crippen LogP) is 5.50. The third kappa shape index (κ3) is 3.65. The zero-order valence-electron chi connectivity index (χ0n) is 16.9. The van der Waals surface area contributed by atoms with Crippen molar-refractivity contribution in [2.75, 3.05) is 0 Å². The maximum Gasteiger partial charge on any atom is 0.251 e. The molecule has 154 valence electrons. The number of para-hydroxylation sites is 1. The van der Waals surface area contributed by atoms with Crippen molar-refractivity contribution in [3.05, 3.63) is 71.4 Å². The Kier molecular flexibility index (Phi) is 5.11. The molecule has 2 aliphatic rings. The lowest BCUT2D eigenvalue weighted by Gasteiger charge is -2.22. The topological polar surface area (TPSA) is 51.2 Å². The fraction of sp³-hybridized carbons (Fsp3) is 0.360. The Balaban J connectivity index is 1.20. The van der Waals surface area contributed by atoms with Gasteiger partial charge in [-0.25, -0.2) is 0 Å². The maximum absolute atomic E-state index is 12.6. The van der Waals surface area contributed by atoms with Crippen LogP contribution in [0, 0.1) is 17.8 Å². The average molecular weight is 421 g/mol.